The lowest BCUT2D eigenvalue weighted by Gasteiger charge is -2.25. The van der Waals surface area contributed by atoms with Gasteiger partial charge in [-0.05, 0) is 54.2 Å². The first-order valence-electron chi connectivity index (χ1n) is 12.1. The fraction of sp³-hybridized carbons (Fsp3) is 0.310. The topological polar surface area (TPSA) is 91.4 Å². The number of rotatable bonds is 13. The van der Waals surface area contributed by atoms with E-state index in [9.17, 15) is 4.79 Å². The van der Waals surface area contributed by atoms with E-state index in [4.69, 9.17) is 15.9 Å². The maximum absolute atomic E-state index is 12.9. The molecule has 1 amide bonds. The Balaban J connectivity index is 0.00000342. The van der Waals surface area contributed by atoms with Gasteiger partial charge in [0.05, 0.1) is 13.2 Å². The van der Waals surface area contributed by atoms with Crippen molar-refractivity contribution in [3.05, 3.63) is 95.6 Å². The summed E-state index contributed by atoms with van der Waals surface area (Å²) in [6.45, 7) is 6.45. The second kappa shape index (κ2) is 16.6. The third kappa shape index (κ3) is 10.8. The fourth-order valence-corrected chi connectivity index (χ4v) is 3.77. The number of anilines is 2. The molecule has 0 aliphatic rings. The smallest absolute Gasteiger partial charge is 0.243 e. The van der Waals surface area contributed by atoms with Crippen LogP contribution in [0.2, 0.25) is 0 Å². The van der Waals surface area contributed by atoms with Crippen molar-refractivity contribution in [2.75, 3.05) is 29.9 Å². The molecule has 0 fully saturated rings. The van der Waals surface area contributed by atoms with Crippen LogP contribution >= 0.6 is 24.8 Å². The van der Waals surface area contributed by atoms with E-state index in [0.717, 1.165) is 29.8 Å². The van der Waals surface area contributed by atoms with Crippen LogP contribution < -0.4 is 16.0 Å². The maximum Gasteiger partial charge on any atom is 0.243 e. The quantitative estimate of drug-likeness (QED) is 0.132. The van der Waals surface area contributed by atoms with Crippen LogP contribution in [0.5, 0.6) is 0 Å². The van der Waals surface area contributed by atoms with Gasteiger partial charge in [-0.15, -0.1) is 24.8 Å². The molecule has 0 radical (unpaired) electrons. The van der Waals surface area contributed by atoms with Crippen LogP contribution in [-0.2, 0) is 16.1 Å². The number of nitrogens with zero attached hydrogens (tertiary/aromatic N) is 1. The van der Waals surface area contributed by atoms with Gasteiger partial charge in [-0.3, -0.25) is 10.2 Å². The Kier molecular flexibility index (Phi) is 14.4. The number of nitrogens with two attached hydrogens (primary N) is 1. The Morgan fingerprint density at radius 2 is 1.68 bits per heavy atom. The van der Waals surface area contributed by atoms with E-state index in [1.807, 2.05) is 65.6 Å². The molecule has 4 N–H and O–H groups in total. The van der Waals surface area contributed by atoms with E-state index < -0.39 is 0 Å². The van der Waals surface area contributed by atoms with Crippen molar-refractivity contribution < 1.29 is 9.53 Å². The van der Waals surface area contributed by atoms with Crippen LogP contribution in [0.1, 0.15) is 49.3 Å². The first-order chi connectivity index (χ1) is 16.9. The zero-order valence-corrected chi connectivity index (χ0v) is 23.1. The summed E-state index contributed by atoms with van der Waals surface area (Å²) >= 11 is 0. The van der Waals surface area contributed by atoms with Crippen LogP contribution in [-0.4, -0.2) is 31.4 Å². The highest BCUT2D eigenvalue weighted by Crippen LogP contribution is 2.19. The van der Waals surface area contributed by atoms with E-state index in [0.29, 0.717) is 31.2 Å². The Labute approximate surface area is 232 Å². The Morgan fingerprint density at radius 1 is 0.973 bits per heavy atom. The number of amides is 1. The van der Waals surface area contributed by atoms with Gasteiger partial charge in [-0.2, -0.15) is 0 Å². The van der Waals surface area contributed by atoms with Crippen LogP contribution in [0.25, 0.3) is 0 Å². The molecule has 37 heavy (non-hydrogen) atoms. The van der Waals surface area contributed by atoms with Gasteiger partial charge in [0.15, 0.2) is 0 Å². The van der Waals surface area contributed by atoms with Crippen molar-refractivity contribution in [1.82, 2.24) is 0 Å². The SMILES string of the molecule is CC(C)c1ccc(NC(=O)CN(CCCCOCc2ccccc2)c2cccc(C(=N)N)c2)cc1.Cl.Cl. The molecule has 0 aliphatic carbocycles. The average molecular weight is 546 g/mol. The van der Waals surface area contributed by atoms with Crippen molar-refractivity contribution in [3.8, 4) is 0 Å². The Morgan fingerprint density at radius 3 is 2.32 bits per heavy atom. The number of benzene rings is 3. The lowest BCUT2D eigenvalue weighted by molar-refractivity contribution is -0.115. The van der Waals surface area contributed by atoms with Crippen LogP contribution in [0, 0.1) is 5.41 Å². The number of carbonyl (C=O) groups is 1. The molecule has 3 aromatic rings. The van der Waals surface area contributed by atoms with Crippen molar-refractivity contribution in [2.45, 2.75) is 39.2 Å². The molecule has 3 aromatic carbocycles. The lowest BCUT2D eigenvalue weighted by atomic mass is 10.0. The zero-order valence-electron chi connectivity index (χ0n) is 21.5. The monoisotopic (exact) mass is 544 g/mol. The Bertz CT molecular complexity index is 1090. The predicted octanol–water partition coefficient (Wildman–Crippen LogP) is 6.38. The molecular formula is C29H38Cl2N4O2. The van der Waals surface area contributed by atoms with E-state index in [1.54, 1.807) is 6.07 Å². The number of nitrogens with one attached hydrogen (secondary N) is 2. The van der Waals surface area contributed by atoms with Crippen molar-refractivity contribution in [1.29, 1.82) is 5.41 Å². The second-order valence-electron chi connectivity index (χ2n) is 8.96. The minimum atomic E-state index is -0.0872. The number of carbonyl (C=O) groups excluding carboxylic acids is 1. The molecule has 8 heteroatoms. The number of nitrogen functional groups attached to an aromatic ring is 1. The first-order valence-corrected chi connectivity index (χ1v) is 12.1. The summed E-state index contributed by atoms with van der Waals surface area (Å²) in [4.78, 5) is 14.9. The first kappa shape index (κ1) is 32.0. The molecule has 0 aliphatic heterocycles. The molecule has 0 unspecified atom stereocenters. The van der Waals surface area contributed by atoms with Gasteiger partial charge < -0.3 is 20.7 Å². The predicted molar refractivity (Wildman–Crippen MR) is 159 cm³/mol. The molecule has 200 valence electrons. The summed E-state index contributed by atoms with van der Waals surface area (Å²) in [6.07, 6.45) is 1.75. The zero-order chi connectivity index (χ0) is 25.0. The van der Waals surface area contributed by atoms with E-state index in [2.05, 4.69) is 31.3 Å². The molecule has 0 aromatic heterocycles. The number of amidine groups is 1. The summed E-state index contributed by atoms with van der Waals surface area (Å²) in [7, 11) is 0. The minimum absolute atomic E-state index is 0. The van der Waals surface area contributed by atoms with Gasteiger partial charge >= 0.3 is 0 Å². The summed E-state index contributed by atoms with van der Waals surface area (Å²) in [5.41, 5.74) is 10.4. The molecule has 0 atom stereocenters. The summed E-state index contributed by atoms with van der Waals surface area (Å²) in [5.74, 6) is 0.368. The molecule has 3 rings (SSSR count). The van der Waals surface area contributed by atoms with Crippen LogP contribution in [0.15, 0.2) is 78.9 Å². The van der Waals surface area contributed by atoms with Gasteiger partial charge in [0.25, 0.3) is 0 Å². The molecule has 0 saturated carbocycles. The molecule has 0 bridgehead atoms. The van der Waals surface area contributed by atoms with Crippen molar-refractivity contribution >= 4 is 47.9 Å². The van der Waals surface area contributed by atoms with E-state index >= 15 is 0 Å². The number of ether oxygens (including phenoxy) is 1. The van der Waals surface area contributed by atoms with Gasteiger partial charge in [0.1, 0.15) is 5.84 Å². The van der Waals surface area contributed by atoms with E-state index in [-0.39, 0.29) is 43.1 Å². The lowest BCUT2D eigenvalue weighted by Crippen LogP contribution is -2.34. The number of halogens is 2. The fourth-order valence-electron chi connectivity index (χ4n) is 3.77. The number of unbranched alkanes of at least 4 members (excludes halogenated alkanes) is 1. The van der Waals surface area contributed by atoms with Crippen LogP contribution in [0.3, 0.4) is 0 Å². The van der Waals surface area contributed by atoms with Crippen molar-refractivity contribution in [3.63, 3.8) is 0 Å². The van der Waals surface area contributed by atoms with Gasteiger partial charge in [0.2, 0.25) is 5.91 Å². The molecular weight excluding hydrogens is 507 g/mol. The van der Waals surface area contributed by atoms with Gasteiger partial charge in [-0.25, -0.2) is 0 Å². The average Bonchev–Trinajstić information content (AvgIpc) is 2.86. The van der Waals surface area contributed by atoms with Gasteiger partial charge in [-0.1, -0.05) is 68.4 Å². The normalized spacial score (nSPS) is 10.2. The summed E-state index contributed by atoms with van der Waals surface area (Å²) in [6, 6.07) is 25.6. The van der Waals surface area contributed by atoms with E-state index in [1.165, 1.54) is 5.56 Å². The van der Waals surface area contributed by atoms with Crippen LogP contribution in [0.4, 0.5) is 11.4 Å². The van der Waals surface area contributed by atoms with Gasteiger partial charge in [0, 0.05) is 30.1 Å². The molecule has 0 saturated heterocycles. The molecule has 0 spiro atoms. The standard InChI is InChI=1S/C29H36N4O2.2ClH/c1-22(2)24-13-15-26(16-14-24)32-28(34)20-33(27-12-8-11-25(19-27)29(30)31)17-6-7-18-35-21-23-9-4-3-5-10-23;;/h3-5,8-16,19,22H,6-7,17-18,20-21H2,1-2H3,(H3,30,31)(H,32,34);2*1H. The highest BCUT2D eigenvalue weighted by molar-refractivity contribution is 5.97. The Hall–Kier alpha value is -3.06. The molecule has 0 heterocycles. The maximum atomic E-state index is 12.9. The summed E-state index contributed by atoms with van der Waals surface area (Å²) < 4.78 is 5.80. The summed E-state index contributed by atoms with van der Waals surface area (Å²) in [5, 5.41) is 10.8. The van der Waals surface area contributed by atoms with Crippen molar-refractivity contribution in [2.24, 2.45) is 5.73 Å². The number of hydrogen-bond donors (Lipinski definition) is 3. The second-order valence-corrected chi connectivity index (χ2v) is 8.96. The highest BCUT2D eigenvalue weighted by atomic mass is 35.5. The largest absolute Gasteiger partial charge is 0.384 e. The minimum Gasteiger partial charge on any atom is -0.384 e. The number of hydrogen-bond acceptors (Lipinski definition) is 4. The molecule has 6 nitrogen and oxygen atoms in total. The highest BCUT2D eigenvalue weighted by Gasteiger charge is 2.13. The third-order valence-electron chi connectivity index (χ3n) is 5.80. The third-order valence-corrected chi connectivity index (χ3v) is 5.80.